The van der Waals surface area contributed by atoms with Crippen LogP contribution in [0.2, 0.25) is 5.02 Å². The zero-order valence-corrected chi connectivity index (χ0v) is 17.2. The molecule has 1 aromatic carbocycles. The number of benzene rings is 1. The van der Waals surface area contributed by atoms with E-state index < -0.39 is 5.82 Å². The Labute approximate surface area is 174 Å². The van der Waals surface area contributed by atoms with Gasteiger partial charge in [0, 0.05) is 31.1 Å². The fourth-order valence-corrected chi connectivity index (χ4v) is 3.94. The Morgan fingerprint density at radius 2 is 2.14 bits per heavy atom. The highest BCUT2D eigenvalue weighted by Crippen LogP contribution is 2.42. The Kier molecular flexibility index (Phi) is 5.34. The molecule has 8 heteroatoms. The molecule has 1 atom stereocenters. The van der Waals surface area contributed by atoms with Gasteiger partial charge in [-0.3, -0.25) is 14.3 Å². The first-order valence-electron chi connectivity index (χ1n) is 9.95. The lowest BCUT2D eigenvalue weighted by Crippen LogP contribution is -2.37. The monoisotopic (exact) mass is 418 g/mol. The lowest BCUT2D eigenvalue weighted by atomic mass is 10.1. The van der Waals surface area contributed by atoms with E-state index >= 15 is 0 Å². The molecule has 2 fully saturated rings. The molecule has 1 saturated heterocycles. The standard InChI is InChI=1S/C21H24ClFN4O2/c1-12(2)10-27-20(13-3-4-13)16(9-24-27)21(29)25-14-7-19(28)26(11-14)15-5-6-17(22)18(23)8-15/h5-6,8-9,12-14H,3-4,7,10-11H2,1-2H3,(H,25,29). The van der Waals surface area contributed by atoms with Crippen LogP contribution in [0.5, 0.6) is 0 Å². The molecule has 2 aliphatic rings. The molecule has 0 spiro atoms. The summed E-state index contributed by atoms with van der Waals surface area (Å²) in [5.74, 6) is -0.116. The van der Waals surface area contributed by atoms with E-state index in [1.165, 1.54) is 17.0 Å². The summed E-state index contributed by atoms with van der Waals surface area (Å²) < 4.78 is 15.7. The molecular formula is C21H24ClFN4O2. The summed E-state index contributed by atoms with van der Waals surface area (Å²) in [6.45, 7) is 5.31. The highest BCUT2D eigenvalue weighted by Gasteiger charge is 2.35. The number of aromatic nitrogens is 2. The maximum atomic E-state index is 13.8. The quantitative estimate of drug-likeness (QED) is 0.777. The van der Waals surface area contributed by atoms with E-state index in [2.05, 4.69) is 24.3 Å². The topological polar surface area (TPSA) is 67.2 Å². The van der Waals surface area contributed by atoms with Crippen LogP contribution in [0.25, 0.3) is 0 Å². The normalized spacial score (nSPS) is 19.3. The molecule has 0 bridgehead atoms. The predicted octanol–water partition coefficient (Wildman–Crippen LogP) is 3.74. The summed E-state index contributed by atoms with van der Waals surface area (Å²) in [5.41, 5.74) is 2.03. The number of nitrogens with zero attached hydrogens (tertiary/aromatic N) is 3. The van der Waals surface area contributed by atoms with Crippen LogP contribution in [-0.4, -0.2) is 34.2 Å². The van der Waals surface area contributed by atoms with Crippen LogP contribution in [-0.2, 0) is 11.3 Å². The first-order chi connectivity index (χ1) is 13.8. The minimum absolute atomic E-state index is 0.0104. The van der Waals surface area contributed by atoms with Crippen molar-refractivity contribution in [1.82, 2.24) is 15.1 Å². The molecule has 1 unspecified atom stereocenters. The van der Waals surface area contributed by atoms with Crippen molar-refractivity contribution in [2.24, 2.45) is 5.92 Å². The molecule has 1 aliphatic heterocycles. The molecule has 2 amide bonds. The van der Waals surface area contributed by atoms with Gasteiger partial charge in [-0.05, 0) is 37.0 Å². The number of amides is 2. The van der Waals surface area contributed by atoms with Gasteiger partial charge in [0.2, 0.25) is 5.91 Å². The molecule has 1 aliphatic carbocycles. The van der Waals surface area contributed by atoms with Gasteiger partial charge in [-0.2, -0.15) is 5.10 Å². The van der Waals surface area contributed by atoms with Crippen molar-refractivity contribution in [2.45, 2.75) is 51.6 Å². The first kappa shape index (κ1) is 19.9. The largest absolute Gasteiger partial charge is 0.347 e. The van der Waals surface area contributed by atoms with Crippen molar-refractivity contribution in [3.63, 3.8) is 0 Å². The van der Waals surface area contributed by atoms with Crippen molar-refractivity contribution in [3.8, 4) is 0 Å². The van der Waals surface area contributed by atoms with E-state index in [0.717, 1.165) is 25.1 Å². The minimum Gasteiger partial charge on any atom is -0.347 e. The second-order valence-electron chi connectivity index (χ2n) is 8.27. The fraction of sp³-hybridized carbons (Fsp3) is 0.476. The summed E-state index contributed by atoms with van der Waals surface area (Å²) in [5, 5.41) is 7.41. The van der Waals surface area contributed by atoms with E-state index in [1.54, 1.807) is 12.3 Å². The molecule has 1 N–H and O–H groups in total. The molecule has 29 heavy (non-hydrogen) atoms. The van der Waals surface area contributed by atoms with E-state index in [0.29, 0.717) is 29.6 Å². The van der Waals surface area contributed by atoms with Gasteiger partial charge in [0.25, 0.3) is 5.91 Å². The third kappa shape index (κ3) is 4.15. The second kappa shape index (κ2) is 7.78. The Morgan fingerprint density at radius 1 is 1.38 bits per heavy atom. The zero-order chi connectivity index (χ0) is 20.7. The van der Waals surface area contributed by atoms with Crippen LogP contribution in [0.3, 0.4) is 0 Å². The van der Waals surface area contributed by atoms with Crippen LogP contribution in [0, 0.1) is 11.7 Å². The molecular weight excluding hydrogens is 395 g/mol. The third-order valence-electron chi connectivity index (χ3n) is 5.30. The van der Waals surface area contributed by atoms with Gasteiger partial charge in [0.15, 0.2) is 0 Å². The molecule has 1 saturated carbocycles. The Balaban J connectivity index is 1.47. The molecule has 2 aromatic rings. The summed E-state index contributed by atoms with van der Waals surface area (Å²) in [6.07, 6.45) is 3.95. The average Bonchev–Trinajstić information content (AvgIpc) is 3.31. The highest BCUT2D eigenvalue weighted by atomic mass is 35.5. The Bertz CT molecular complexity index is 954. The number of rotatable bonds is 6. The maximum Gasteiger partial charge on any atom is 0.255 e. The van der Waals surface area contributed by atoms with Gasteiger partial charge < -0.3 is 10.2 Å². The van der Waals surface area contributed by atoms with Gasteiger partial charge in [-0.15, -0.1) is 0 Å². The van der Waals surface area contributed by atoms with Crippen LogP contribution in [0.4, 0.5) is 10.1 Å². The van der Waals surface area contributed by atoms with Crippen molar-refractivity contribution in [1.29, 1.82) is 0 Å². The zero-order valence-electron chi connectivity index (χ0n) is 16.5. The smallest absolute Gasteiger partial charge is 0.255 e. The van der Waals surface area contributed by atoms with Crippen molar-refractivity contribution in [2.75, 3.05) is 11.4 Å². The average molecular weight is 419 g/mol. The number of hydrogen-bond acceptors (Lipinski definition) is 3. The lowest BCUT2D eigenvalue weighted by Gasteiger charge is -2.18. The fourth-order valence-electron chi connectivity index (χ4n) is 3.82. The SMILES string of the molecule is CC(C)Cn1ncc(C(=O)NC2CC(=O)N(c3ccc(Cl)c(F)c3)C2)c1C1CC1. The number of nitrogens with one attached hydrogen (secondary N) is 1. The Hall–Kier alpha value is -2.41. The lowest BCUT2D eigenvalue weighted by molar-refractivity contribution is -0.117. The van der Waals surface area contributed by atoms with Crippen LogP contribution < -0.4 is 10.2 Å². The number of hydrogen-bond donors (Lipinski definition) is 1. The van der Waals surface area contributed by atoms with Gasteiger partial charge >= 0.3 is 0 Å². The molecule has 1 aromatic heterocycles. The first-order valence-corrected chi connectivity index (χ1v) is 10.3. The van der Waals surface area contributed by atoms with Gasteiger partial charge in [0.1, 0.15) is 5.82 Å². The number of carbonyl (C=O) groups excluding carboxylic acids is 2. The van der Waals surface area contributed by atoms with Crippen molar-refractivity contribution >= 4 is 29.1 Å². The van der Waals surface area contributed by atoms with E-state index in [4.69, 9.17) is 11.6 Å². The third-order valence-corrected chi connectivity index (χ3v) is 5.61. The number of halogens is 2. The minimum atomic E-state index is -0.573. The molecule has 4 rings (SSSR count). The van der Waals surface area contributed by atoms with Crippen LogP contribution in [0.1, 0.15) is 55.1 Å². The summed E-state index contributed by atoms with van der Waals surface area (Å²) in [7, 11) is 0. The van der Waals surface area contributed by atoms with E-state index in [9.17, 15) is 14.0 Å². The summed E-state index contributed by atoms with van der Waals surface area (Å²) in [4.78, 5) is 26.8. The van der Waals surface area contributed by atoms with Crippen LogP contribution in [0.15, 0.2) is 24.4 Å². The van der Waals surface area contributed by atoms with E-state index in [1.807, 2.05) is 4.68 Å². The van der Waals surface area contributed by atoms with Crippen molar-refractivity contribution < 1.29 is 14.0 Å². The maximum absolute atomic E-state index is 13.8. The predicted molar refractivity (Wildman–Crippen MR) is 109 cm³/mol. The number of anilines is 1. The highest BCUT2D eigenvalue weighted by molar-refractivity contribution is 6.30. The van der Waals surface area contributed by atoms with Gasteiger partial charge in [0.05, 0.1) is 28.5 Å². The molecule has 154 valence electrons. The summed E-state index contributed by atoms with van der Waals surface area (Å²) in [6, 6.07) is 3.94. The van der Waals surface area contributed by atoms with Crippen molar-refractivity contribution in [3.05, 3.63) is 46.5 Å². The Morgan fingerprint density at radius 3 is 2.79 bits per heavy atom. The van der Waals surface area contributed by atoms with Gasteiger partial charge in [-0.25, -0.2) is 4.39 Å². The summed E-state index contributed by atoms with van der Waals surface area (Å²) >= 11 is 5.72. The molecule has 6 nitrogen and oxygen atoms in total. The molecule has 2 heterocycles. The number of carbonyl (C=O) groups is 2. The van der Waals surface area contributed by atoms with E-state index in [-0.39, 0.29) is 29.3 Å². The molecule has 0 radical (unpaired) electrons. The van der Waals surface area contributed by atoms with Gasteiger partial charge in [-0.1, -0.05) is 25.4 Å². The second-order valence-corrected chi connectivity index (χ2v) is 8.68. The van der Waals surface area contributed by atoms with Crippen LogP contribution >= 0.6 is 11.6 Å².